The number of hydrogen-bond acceptors (Lipinski definition) is 6. The van der Waals surface area contributed by atoms with E-state index in [1.807, 2.05) is 0 Å². The molecule has 2 aromatic rings. The quantitative estimate of drug-likeness (QED) is 0.385. The fourth-order valence-corrected chi connectivity index (χ4v) is 2.22. The molecule has 0 atom stereocenters. The number of nitriles is 1. The predicted octanol–water partition coefficient (Wildman–Crippen LogP) is 2.42. The third kappa shape index (κ3) is 5.19. The molecular formula is C20H18N4O4. The first-order chi connectivity index (χ1) is 13.5. The maximum absolute atomic E-state index is 12.3. The maximum atomic E-state index is 12.3. The van der Waals surface area contributed by atoms with Gasteiger partial charge in [0.25, 0.3) is 11.8 Å². The van der Waals surface area contributed by atoms with Crippen LogP contribution < -0.4 is 16.4 Å². The van der Waals surface area contributed by atoms with Crippen molar-refractivity contribution in [1.29, 1.82) is 5.26 Å². The molecule has 142 valence electrons. The highest BCUT2D eigenvalue weighted by Gasteiger charge is 2.12. The minimum absolute atomic E-state index is 0.214. The first-order valence-electron chi connectivity index (χ1n) is 8.30. The molecule has 0 bridgehead atoms. The van der Waals surface area contributed by atoms with Crippen LogP contribution in [-0.4, -0.2) is 24.4 Å². The summed E-state index contributed by atoms with van der Waals surface area (Å²) in [5.41, 5.74) is 6.42. The molecule has 8 nitrogen and oxygen atoms in total. The number of anilines is 2. The van der Waals surface area contributed by atoms with E-state index in [0.717, 1.165) is 0 Å². The lowest BCUT2D eigenvalue weighted by molar-refractivity contribution is -0.112. The van der Waals surface area contributed by atoms with E-state index in [1.54, 1.807) is 31.2 Å². The van der Waals surface area contributed by atoms with Crippen LogP contribution in [0.1, 0.15) is 27.6 Å². The molecule has 0 aromatic heterocycles. The number of nitrogens with zero attached hydrogens (tertiary/aromatic N) is 1. The van der Waals surface area contributed by atoms with Gasteiger partial charge >= 0.3 is 5.97 Å². The molecule has 0 radical (unpaired) electrons. The van der Waals surface area contributed by atoms with Crippen LogP contribution in [0.5, 0.6) is 0 Å². The number of ether oxygens (including phenoxy) is 1. The second kappa shape index (κ2) is 9.54. The number of carbonyl (C=O) groups excluding carboxylic acids is 3. The summed E-state index contributed by atoms with van der Waals surface area (Å²) >= 11 is 0. The van der Waals surface area contributed by atoms with Crippen LogP contribution >= 0.6 is 0 Å². The Balaban J connectivity index is 2.10. The van der Waals surface area contributed by atoms with E-state index >= 15 is 0 Å². The van der Waals surface area contributed by atoms with Gasteiger partial charge in [0.05, 0.1) is 23.4 Å². The van der Waals surface area contributed by atoms with Crippen molar-refractivity contribution >= 4 is 29.2 Å². The van der Waals surface area contributed by atoms with Gasteiger partial charge in [-0.1, -0.05) is 12.1 Å². The zero-order chi connectivity index (χ0) is 20.5. The molecule has 0 spiro atoms. The van der Waals surface area contributed by atoms with Gasteiger partial charge < -0.3 is 21.1 Å². The van der Waals surface area contributed by atoms with E-state index in [-0.39, 0.29) is 17.7 Å². The van der Waals surface area contributed by atoms with Crippen molar-refractivity contribution in [2.45, 2.75) is 6.92 Å². The van der Waals surface area contributed by atoms with Crippen molar-refractivity contribution in [3.05, 3.63) is 71.4 Å². The first-order valence-corrected chi connectivity index (χ1v) is 8.30. The van der Waals surface area contributed by atoms with Crippen LogP contribution in [0.2, 0.25) is 0 Å². The smallest absolute Gasteiger partial charge is 0.338 e. The summed E-state index contributed by atoms with van der Waals surface area (Å²) in [6.07, 6.45) is 1.18. The predicted molar refractivity (Wildman–Crippen MR) is 103 cm³/mol. The van der Waals surface area contributed by atoms with Crippen LogP contribution in [0.4, 0.5) is 11.4 Å². The lowest BCUT2D eigenvalue weighted by Gasteiger charge is -2.08. The highest BCUT2D eigenvalue weighted by Crippen LogP contribution is 2.15. The number of amides is 2. The molecule has 0 heterocycles. The van der Waals surface area contributed by atoms with Gasteiger partial charge in [-0.3, -0.25) is 9.59 Å². The molecule has 0 unspecified atom stereocenters. The molecule has 0 saturated heterocycles. The third-order valence-electron chi connectivity index (χ3n) is 3.58. The number of benzene rings is 2. The van der Waals surface area contributed by atoms with Gasteiger partial charge in [-0.25, -0.2) is 4.79 Å². The molecule has 0 aliphatic heterocycles. The van der Waals surface area contributed by atoms with Crippen molar-refractivity contribution in [1.82, 2.24) is 0 Å². The number of nitrogens with two attached hydrogens (primary N) is 1. The Kier molecular flexibility index (Phi) is 6.88. The van der Waals surface area contributed by atoms with Crippen molar-refractivity contribution in [3.63, 3.8) is 0 Å². The Morgan fingerprint density at radius 2 is 1.82 bits per heavy atom. The first kappa shape index (κ1) is 20.2. The SMILES string of the molecule is CCOC(=O)c1ccc(NC(=O)/C(C#N)=C\Nc2ccccc2C(N)=O)cc1. The Labute approximate surface area is 161 Å². The van der Waals surface area contributed by atoms with Crippen LogP contribution in [0.3, 0.4) is 0 Å². The Hall–Kier alpha value is -4.12. The number of hydrogen-bond donors (Lipinski definition) is 3. The van der Waals surface area contributed by atoms with Crippen molar-refractivity contribution in [2.24, 2.45) is 5.73 Å². The molecular weight excluding hydrogens is 360 g/mol. The highest BCUT2D eigenvalue weighted by atomic mass is 16.5. The average molecular weight is 378 g/mol. The van der Waals surface area contributed by atoms with Crippen LogP contribution in [0.15, 0.2) is 60.3 Å². The van der Waals surface area contributed by atoms with Crippen LogP contribution in [0.25, 0.3) is 0 Å². The molecule has 28 heavy (non-hydrogen) atoms. The molecule has 4 N–H and O–H groups in total. The van der Waals surface area contributed by atoms with Gasteiger partial charge in [0, 0.05) is 11.9 Å². The zero-order valence-corrected chi connectivity index (χ0v) is 15.1. The Bertz CT molecular complexity index is 959. The van der Waals surface area contributed by atoms with Crippen molar-refractivity contribution in [3.8, 4) is 6.07 Å². The van der Waals surface area contributed by atoms with E-state index in [2.05, 4.69) is 10.6 Å². The fourth-order valence-electron chi connectivity index (χ4n) is 2.22. The topological polar surface area (TPSA) is 134 Å². The lowest BCUT2D eigenvalue weighted by Crippen LogP contribution is -2.16. The van der Waals surface area contributed by atoms with E-state index in [9.17, 15) is 19.6 Å². The van der Waals surface area contributed by atoms with Gasteiger partial charge in [0.15, 0.2) is 0 Å². The van der Waals surface area contributed by atoms with Crippen LogP contribution in [0, 0.1) is 11.3 Å². The number of carbonyl (C=O) groups is 3. The highest BCUT2D eigenvalue weighted by molar-refractivity contribution is 6.07. The van der Waals surface area contributed by atoms with E-state index in [0.29, 0.717) is 16.9 Å². The molecule has 0 aliphatic rings. The molecule has 0 aliphatic carbocycles. The molecule has 2 amide bonds. The van der Waals surface area contributed by atoms with E-state index < -0.39 is 17.8 Å². The monoisotopic (exact) mass is 378 g/mol. The molecule has 0 fully saturated rings. The summed E-state index contributed by atoms with van der Waals surface area (Å²) in [6, 6.07) is 14.3. The molecule has 8 heteroatoms. The largest absolute Gasteiger partial charge is 0.462 e. The van der Waals surface area contributed by atoms with Gasteiger partial charge in [-0.2, -0.15) is 5.26 Å². The van der Waals surface area contributed by atoms with Crippen LogP contribution in [-0.2, 0) is 9.53 Å². The number of rotatable bonds is 7. The minimum Gasteiger partial charge on any atom is -0.462 e. The second-order valence-corrected chi connectivity index (χ2v) is 5.48. The number of nitrogens with one attached hydrogen (secondary N) is 2. The third-order valence-corrected chi connectivity index (χ3v) is 3.58. The van der Waals surface area contributed by atoms with Crippen molar-refractivity contribution < 1.29 is 19.1 Å². The summed E-state index contributed by atoms with van der Waals surface area (Å²) in [7, 11) is 0. The fraction of sp³-hybridized carbons (Fsp3) is 0.100. The Morgan fingerprint density at radius 1 is 1.14 bits per heavy atom. The average Bonchev–Trinajstić information content (AvgIpc) is 2.69. The van der Waals surface area contributed by atoms with Gasteiger partial charge in [0.1, 0.15) is 11.6 Å². The number of esters is 1. The minimum atomic E-state index is -0.657. The van der Waals surface area contributed by atoms with Gasteiger partial charge in [-0.05, 0) is 43.3 Å². The van der Waals surface area contributed by atoms with E-state index in [4.69, 9.17) is 10.5 Å². The standard InChI is InChI=1S/C20H18N4O4/c1-2-28-20(27)13-7-9-15(10-8-13)24-19(26)14(11-21)12-23-17-6-4-3-5-16(17)18(22)25/h3-10,12,23H,2H2,1H3,(H2,22,25)(H,24,26)/b14-12-. The molecule has 2 aromatic carbocycles. The molecule has 0 saturated carbocycles. The lowest BCUT2D eigenvalue weighted by atomic mass is 10.1. The number of para-hydroxylation sites is 1. The Morgan fingerprint density at radius 3 is 2.43 bits per heavy atom. The summed E-state index contributed by atoms with van der Waals surface area (Å²) in [5.74, 6) is -1.76. The summed E-state index contributed by atoms with van der Waals surface area (Å²) < 4.78 is 4.89. The number of primary amides is 1. The maximum Gasteiger partial charge on any atom is 0.338 e. The van der Waals surface area contributed by atoms with Gasteiger partial charge in [-0.15, -0.1) is 0 Å². The second-order valence-electron chi connectivity index (χ2n) is 5.48. The summed E-state index contributed by atoms with van der Waals surface area (Å²) in [4.78, 5) is 35.3. The van der Waals surface area contributed by atoms with Gasteiger partial charge in [0.2, 0.25) is 0 Å². The molecule has 2 rings (SSSR count). The zero-order valence-electron chi connectivity index (χ0n) is 15.1. The normalized spacial score (nSPS) is 10.5. The van der Waals surface area contributed by atoms with E-state index in [1.165, 1.54) is 36.5 Å². The van der Waals surface area contributed by atoms with Crippen molar-refractivity contribution in [2.75, 3.05) is 17.2 Å². The summed E-state index contributed by atoms with van der Waals surface area (Å²) in [5, 5.41) is 14.5. The summed E-state index contributed by atoms with van der Waals surface area (Å²) in [6.45, 7) is 1.97.